The van der Waals surface area contributed by atoms with Crippen molar-refractivity contribution < 1.29 is 24.1 Å². The van der Waals surface area contributed by atoms with Crippen LogP contribution in [-0.2, 0) is 27.4 Å². The van der Waals surface area contributed by atoms with Crippen LogP contribution in [0.25, 0.3) is 0 Å². The number of aliphatic hydroxyl groups excluding tert-OH is 1. The average molecular weight is 401 g/mol. The van der Waals surface area contributed by atoms with Gasteiger partial charge in [0.1, 0.15) is 5.75 Å². The van der Waals surface area contributed by atoms with Gasteiger partial charge in [0, 0.05) is 25.6 Å². The first kappa shape index (κ1) is 21.8. The largest absolute Gasteiger partial charge is 0.497 e. The zero-order chi connectivity index (χ0) is 20.5. The van der Waals surface area contributed by atoms with Crippen molar-refractivity contribution in [3.63, 3.8) is 0 Å². The van der Waals surface area contributed by atoms with Gasteiger partial charge in [0.25, 0.3) is 0 Å². The second-order valence-corrected chi connectivity index (χ2v) is 7.64. The Bertz CT molecular complexity index is 703. The van der Waals surface area contributed by atoms with Gasteiger partial charge in [0.2, 0.25) is 0 Å². The van der Waals surface area contributed by atoms with Gasteiger partial charge in [-0.1, -0.05) is 49.4 Å². The van der Waals surface area contributed by atoms with E-state index in [4.69, 9.17) is 18.9 Å². The monoisotopic (exact) mass is 400 g/mol. The molecule has 1 saturated heterocycles. The minimum Gasteiger partial charge on any atom is -0.497 e. The first-order chi connectivity index (χ1) is 14.2. The van der Waals surface area contributed by atoms with E-state index in [0.29, 0.717) is 19.8 Å². The third-order valence-electron chi connectivity index (χ3n) is 5.38. The summed E-state index contributed by atoms with van der Waals surface area (Å²) in [5.74, 6) is 0.889. The summed E-state index contributed by atoms with van der Waals surface area (Å²) in [5.41, 5.74) is 2.27. The van der Waals surface area contributed by atoms with E-state index < -0.39 is 0 Å². The topological polar surface area (TPSA) is 57.2 Å². The molecule has 5 nitrogen and oxygen atoms in total. The summed E-state index contributed by atoms with van der Waals surface area (Å²) in [7, 11) is 1.66. The van der Waals surface area contributed by atoms with E-state index in [1.807, 2.05) is 49.4 Å². The van der Waals surface area contributed by atoms with Crippen LogP contribution in [0.3, 0.4) is 0 Å². The maximum Gasteiger partial charge on any atom is 0.118 e. The maximum atomic E-state index is 9.59. The molecule has 0 saturated carbocycles. The fourth-order valence-electron chi connectivity index (χ4n) is 3.62. The third-order valence-corrected chi connectivity index (χ3v) is 5.38. The molecule has 1 heterocycles. The molecule has 0 bridgehead atoms. The molecular weight excluding hydrogens is 368 g/mol. The second-order valence-electron chi connectivity index (χ2n) is 7.64. The molecule has 5 heteroatoms. The molecular formula is C24H32O5. The van der Waals surface area contributed by atoms with Gasteiger partial charge >= 0.3 is 0 Å². The van der Waals surface area contributed by atoms with Gasteiger partial charge in [-0.15, -0.1) is 0 Å². The molecule has 158 valence electrons. The number of aliphatic hydroxyl groups is 1. The van der Waals surface area contributed by atoms with E-state index in [1.165, 1.54) is 0 Å². The van der Waals surface area contributed by atoms with E-state index in [2.05, 4.69) is 12.1 Å². The van der Waals surface area contributed by atoms with Crippen LogP contribution in [0, 0.1) is 5.92 Å². The predicted octanol–water partition coefficient (Wildman–Crippen LogP) is 3.97. The van der Waals surface area contributed by atoms with Gasteiger partial charge in [-0.3, -0.25) is 0 Å². The summed E-state index contributed by atoms with van der Waals surface area (Å²) >= 11 is 0. The highest BCUT2D eigenvalue weighted by atomic mass is 16.6. The molecule has 1 N–H and O–H groups in total. The Hall–Kier alpha value is -1.92. The van der Waals surface area contributed by atoms with Gasteiger partial charge in [0.15, 0.2) is 0 Å². The zero-order valence-electron chi connectivity index (χ0n) is 17.3. The van der Waals surface area contributed by atoms with E-state index in [-0.39, 0.29) is 30.8 Å². The highest BCUT2D eigenvalue weighted by Crippen LogP contribution is 2.30. The van der Waals surface area contributed by atoms with Crippen molar-refractivity contribution >= 4 is 0 Å². The number of ether oxygens (including phenoxy) is 4. The lowest BCUT2D eigenvalue weighted by atomic mass is 9.99. The van der Waals surface area contributed by atoms with Crippen LogP contribution in [0.5, 0.6) is 5.75 Å². The van der Waals surface area contributed by atoms with Crippen molar-refractivity contribution in [3.05, 3.63) is 65.7 Å². The smallest absolute Gasteiger partial charge is 0.118 e. The molecule has 2 aromatic carbocycles. The van der Waals surface area contributed by atoms with Crippen molar-refractivity contribution in [1.29, 1.82) is 0 Å². The molecule has 0 spiro atoms. The first-order valence-electron chi connectivity index (χ1n) is 10.3. The molecule has 1 fully saturated rings. The quantitative estimate of drug-likeness (QED) is 0.579. The lowest BCUT2D eigenvalue weighted by molar-refractivity contribution is -0.0664. The Labute approximate surface area is 173 Å². The van der Waals surface area contributed by atoms with Crippen LogP contribution >= 0.6 is 0 Å². The molecule has 4 atom stereocenters. The lowest BCUT2D eigenvalue weighted by Gasteiger charge is -2.23. The fourth-order valence-corrected chi connectivity index (χ4v) is 3.62. The summed E-state index contributed by atoms with van der Waals surface area (Å²) in [4.78, 5) is 0. The normalized spacial score (nSPS) is 22.5. The van der Waals surface area contributed by atoms with Crippen molar-refractivity contribution in [3.8, 4) is 5.75 Å². The molecule has 1 aliphatic heterocycles. The minimum absolute atomic E-state index is 0.0102. The van der Waals surface area contributed by atoms with Gasteiger partial charge in [-0.2, -0.15) is 0 Å². The molecule has 0 unspecified atom stereocenters. The number of methoxy groups -OCH3 is 1. The molecule has 2 aromatic rings. The first-order valence-corrected chi connectivity index (χ1v) is 10.3. The summed E-state index contributed by atoms with van der Waals surface area (Å²) in [6.45, 7) is 3.86. The van der Waals surface area contributed by atoms with Gasteiger partial charge in [-0.05, 0) is 29.7 Å². The molecule has 1 aliphatic rings. The summed E-state index contributed by atoms with van der Waals surface area (Å²) < 4.78 is 23.4. The Balaban J connectivity index is 1.44. The van der Waals surface area contributed by atoms with Crippen molar-refractivity contribution in [2.24, 2.45) is 5.92 Å². The lowest BCUT2D eigenvalue weighted by Crippen LogP contribution is -2.32. The Morgan fingerprint density at radius 3 is 2.45 bits per heavy atom. The van der Waals surface area contributed by atoms with Crippen molar-refractivity contribution in [1.82, 2.24) is 0 Å². The fraction of sp³-hybridized carbons (Fsp3) is 0.500. The van der Waals surface area contributed by atoms with Gasteiger partial charge in [0.05, 0.1) is 38.6 Å². The SMILES string of the molecule is COc1ccc(COCC[C@H]2C[C@H](OCc3ccccc3)[C@@H]([C@@H](C)CO)O2)cc1. The summed E-state index contributed by atoms with van der Waals surface area (Å²) in [6.07, 6.45) is 1.63. The Kier molecular flexibility index (Phi) is 8.50. The highest BCUT2D eigenvalue weighted by Gasteiger charge is 2.38. The number of hydrogen-bond donors (Lipinski definition) is 1. The molecule has 3 rings (SSSR count). The van der Waals surface area contributed by atoms with Crippen LogP contribution in [0.2, 0.25) is 0 Å². The highest BCUT2D eigenvalue weighted by molar-refractivity contribution is 5.26. The van der Waals surface area contributed by atoms with E-state index >= 15 is 0 Å². The number of benzene rings is 2. The Morgan fingerprint density at radius 2 is 1.76 bits per heavy atom. The molecule has 0 aromatic heterocycles. The average Bonchev–Trinajstić information content (AvgIpc) is 3.19. The zero-order valence-corrected chi connectivity index (χ0v) is 17.3. The molecule has 0 radical (unpaired) electrons. The molecule has 0 aliphatic carbocycles. The van der Waals surface area contributed by atoms with Gasteiger partial charge < -0.3 is 24.1 Å². The minimum atomic E-state index is -0.0877. The van der Waals surface area contributed by atoms with Crippen molar-refractivity contribution in [2.45, 2.75) is 51.3 Å². The van der Waals surface area contributed by atoms with E-state index in [9.17, 15) is 5.11 Å². The van der Waals surface area contributed by atoms with Crippen LogP contribution in [-0.4, -0.2) is 43.7 Å². The molecule has 29 heavy (non-hydrogen) atoms. The predicted molar refractivity (Wildman–Crippen MR) is 112 cm³/mol. The summed E-state index contributed by atoms with van der Waals surface area (Å²) in [5, 5.41) is 9.59. The van der Waals surface area contributed by atoms with Gasteiger partial charge in [-0.25, -0.2) is 0 Å². The van der Waals surface area contributed by atoms with E-state index in [0.717, 1.165) is 29.7 Å². The maximum absolute atomic E-state index is 9.59. The summed E-state index contributed by atoms with van der Waals surface area (Å²) in [6, 6.07) is 18.1. The number of hydrogen-bond acceptors (Lipinski definition) is 5. The Morgan fingerprint density at radius 1 is 1.03 bits per heavy atom. The third kappa shape index (κ3) is 6.54. The number of rotatable bonds is 11. The van der Waals surface area contributed by atoms with Crippen molar-refractivity contribution in [2.75, 3.05) is 20.3 Å². The van der Waals surface area contributed by atoms with E-state index in [1.54, 1.807) is 7.11 Å². The second kappa shape index (κ2) is 11.3. The molecule has 0 amide bonds. The van der Waals surface area contributed by atoms with Crippen LogP contribution < -0.4 is 4.74 Å². The van der Waals surface area contributed by atoms with Crippen LogP contribution in [0.15, 0.2) is 54.6 Å². The van der Waals surface area contributed by atoms with Crippen LogP contribution in [0.4, 0.5) is 0 Å². The standard InChI is InChI=1S/C24H32O5/c1-18(15-25)24-23(28-17-19-6-4-3-5-7-19)14-22(29-24)12-13-27-16-20-8-10-21(26-2)11-9-20/h3-11,18,22-25H,12-17H2,1-2H3/t18-,22-,23-,24+/m0/s1. The van der Waals surface area contributed by atoms with Crippen LogP contribution in [0.1, 0.15) is 30.9 Å².